The number of ether oxygens (including phenoxy) is 1. The zero-order chi connectivity index (χ0) is 24.5. The van der Waals surface area contributed by atoms with E-state index in [2.05, 4.69) is 26.1 Å². The highest BCUT2D eigenvalue weighted by Gasteiger charge is 2.29. The third-order valence-corrected chi connectivity index (χ3v) is 6.88. The molecule has 1 fully saturated rings. The number of fused-ring (bicyclic) bond motifs is 1. The molecule has 7 heteroatoms. The van der Waals surface area contributed by atoms with Gasteiger partial charge in [0.2, 0.25) is 5.91 Å². The van der Waals surface area contributed by atoms with Crippen LogP contribution in [0, 0.1) is 5.41 Å². The number of nitrogens with zero attached hydrogens (tertiary/aromatic N) is 2. The first-order chi connectivity index (χ1) is 16.2. The number of carbonyl (C=O) groups excluding carboxylic acids is 2. The van der Waals surface area contributed by atoms with E-state index in [0.717, 1.165) is 34.0 Å². The molecule has 0 radical (unpaired) electrons. The lowest BCUT2D eigenvalue weighted by molar-refractivity contribution is -0.139. The summed E-state index contributed by atoms with van der Waals surface area (Å²) in [7, 11) is 1.56. The highest BCUT2D eigenvalue weighted by Crippen LogP contribution is 2.37. The second-order valence-corrected chi connectivity index (χ2v) is 10.3. The van der Waals surface area contributed by atoms with Crippen molar-refractivity contribution in [1.82, 2.24) is 4.90 Å². The van der Waals surface area contributed by atoms with Crippen molar-refractivity contribution >= 4 is 49.9 Å². The monoisotopic (exact) mass is 523 g/mol. The van der Waals surface area contributed by atoms with Crippen molar-refractivity contribution < 1.29 is 14.3 Å². The fourth-order valence-electron chi connectivity index (χ4n) is 4.25. The number of hydrogen-bond donors (Lipinski definition) is 1. The molecule has 1 saturated heterocycles. The van der Waals surface area contributed by atoms with Gasteiger partial charge in [0.15, 0.2) is 0 Å². The van der Waals surface area contributed by atoms with Crippen LogP contribution in [0.15, 0.2) is 59.1 Å². The molecule has 1 aliphatic heterocycles. The molecule has 6 nitrogen and oxygen atoms in total. The fraction of sp³-hybridized carbons (Fsp3) is 0.333. The Bertz CT molecular complexity index is 1210. The summed E-state index contributed by atoms with van der Waals surface area (Å²) in [6.45, 7) is 8.88. The Morgan fingerprint density at radius 3 is 2.24 bits per heavy atom. The first-order valence-corrected chi connectivity index (χ1v) is 12.2. The number of nitrogens with one attached hydrogen (secondary N) is 1. The second-order valence-electron chi connectivity index (χ2n) is 9.52. The Kier molecular flexibility index (Phi) is 6.84. The van der Waals surface area contributed by atoms with Crippen molar-refractivity contribution in [3.8, 4) is 5.75 Å². The molecular weight excluding hydrogens is 494 g/mol. The molecule has 2 amide bonds. The Morgan fingerprint density at radius 2 is 1.62 bits per heavy atom. The number of benzene rings is 3. The number of hydrogen-bond acceptors (Lipinski definition) is 4. The molecule has 3 aromatic carbocycles. The molecule has 178 valence electrons. The number of anilines is 2. The lowest BCUT2D eigenvalue weighted by atomic mass is 9.94. The maximum Gasteiger partial charge on any atom is 0.259 e. The smallest absolute Gasteiger partial charge is 0.259 e. The minimum Gasteiger partial charge on any atom is -0.495 e. The summed E-state index contributed by atoms with van der Waals surface area (Å²) in [5, 5.41) is 4.93. The lowest BCUT2D eigenvalue weighted by Gasteiger charge is -2.38. The van der Waals surface area contributed by atoms with Gasteiger partial charge in [-0.1, -0.05) is 45.0 Å². The third kappa shape index (κ3) is 4.89. The van der Waals surface area contributed by atoms with Crippen LogP contribution in [0.1, 0.15) is 31.1 Å². The van der Waals surface area contributed by atoms with Gasteiger partial charge in [-0.05, 0) is 57.0 Å². The zero-order valence-electron chi connectivity index (χ0n) is 20.0. The molecular formula is C27H30BrN3O3. The molecule has 0 aromatic heterocycles. The predicted octanol–water partition coefficient (Wildman–Crippen LogP) is 5.56. The van der Waals surface area contributed by atoms with Crippen molar-refractivity contribution in [2.45, 2.75) is 20.8 Å². The van der Waals surface area contributed by atoms with Gasteiger partial charge in [-0.3, -0.25) is 9.59 Å². The SMILES string of the molecule is COc1c(C(=O)Nc2ccc(N3CCN(C(=O)C(C)(C)C)CC3)cc2)cc2ccccc2c1Br. The number of carbonyl (C=O) groups is 2. The number of piperazine rings is 1. The number of halogens is 1. The maximum atomic E-state index is 13.1. The standard InChI is InChI=1S/C27H30BrN3O3/c1-27(2,3)26(33)31-15-13-30(14-16-31)20-11-9-19(10-12-20)29-25(32)22-17-18-7-5-6-8-21(18)23(28)24(22)34-4/h5-12,17H,13-16H2,1-4H3,(H,29,32). The van der Waals surface area contributed by atoms with Gasteiger partial charge >= 0.3 is 0 Å². The average molecular weight is 524 g/mol. The maximum absolute atomic E-state index is 13.1. The first-order valence-electron chi connectivity index (χ1n) is 11.4. The van der Waals surface area contributed by atoms with Gasteiger partial charge in [-0.25, -0.2) is 0 Å². The van der Waals surface area contributed by atoms with E-state index in [1.165, 1.54) is 0 Å². The lowest BCUT2D eigenvalue weighted by Crippen LogP contribution is -2.51. The van der Waals surface area contributed by atoms with Gasteiger partial charge in [-0.15, -0.1) is 0 Å². The van der Waals surface area contributed by atoms with Crippen LogP contribution in [-0.4, -0.2) is 50.0 Å². The Morgan fingerprint density at radius 1 is 0.971 bits per heavy atom. The molecule has 0 spiro atoms. The normalized spacial score (nSPS) is 14.3. The van der Waals surface area contributed by atoms with Gasteiger partial charge < -0.3 is 19.9 Å². The molecule has 0 aliphatic carbocycles. The highest BCUT2D eigenvalue weighted by atomic mass is 79.9. The van der Waals surface area contributed by atoms with Crippen molar-refractivity contribution in [3.05, 3.63) is 64.6 Å². The van der Waals surface area contributed by atoms with E-state index in [-0.39, 0.29) is 17.2 Å². The van der Waals surface area contributed by atoms with Crippen molar-refractivity contribution in [2.24, 2.45) is 5.41 Å². The molecule has 1 aliphatic rings. The van der Waals surface area contributed by atoms with E-state index in [9.17, 15) is 9.59 Å². The number of amides is 2. The number of rotatable bonds is 4. The Labute approximate surface area is 209 Å². The first kappa shape index (κ1) is 24.1. The van der Waals surface area contributed by atoms with E-state index in [4.69, 9.17) is 4.74 Å². The van der Waals surface area contributed by atoms with Crippen LogP contribution in [-0.2, 0) is 4.79 Å². The molecule has 1 heterocycles. The van der Waals surface area contributed by atoms with Crippen LogP contribution in [0.2, 0.25) is 0 Å². The van der Waals surface area contributed by atoms with Gasteiger partial charge in [-0.2, -0.15) is 0 Å². The number of methoxy groups -OCH3 is 1. The van der Waals surface area contributed by atoms with E-state index >= 15 is 0 Å². The molecule has 34 heavy (non-hydrogen) atoms. The summed E-state index contributed by atoms with van der Waals surface area (Å²) >= 11 is 3.59. The van der Waals surface area contributed by atoms with Crippen molar-refractivity contribution in [1.29, 1.82) is 0 Å². The Hall–Kier alpha value is -3.06. The summed E-state index contributed by atoms with van der Waals surface area (Å²) < 4.78 is 6.31. The fourth-order valence-corrected chi connectivity index (χ4v) is 4.99. The predicted molar refractivity (Wildman–Crippen MR) is 141 cm³/mol. The van der Waals surface area contributed by atoms with Crippen LogP contribution in [0.4, 0.5) is 11.4 Å². The molecule has 0 saturated carbocycles. The van der Waals surface area contributed by atoms with Crippen molar-refractivity contribution in [3.63, 3.8) is 0 Å². The Balaban J connectivity index is 1.45. The van der Waals surface area contributed by atoms with Gasteiger partial charge in [0, 0.05) is 43.0 Å². The van der Waals surface area contributed by atoms with E-state index in [0.29, 0.717) is 30.1 Å². The van der Waals surface area contributed by atoms with Crippen LogP contribution in [0.3, 0.4) is 0 Å². The van der Waals surface area contributed by atoms with E-state index < -0.39 is 0 Å². The molecule has 0 unspecified atom stereocenters. The third-order valence-electron chi connectivity index (χ3n) is 6.09. The minimum atomic E-state index is -0.356. The van der Waals surface area contributed by atoms with Gasteiger partial charge in [0.05, 0.1) is 17.1 Å². The van der Waals surface area contributed by atoms with Crippen molar-refractivity contribution in [2.75, 3.05) is 43.5 Å². The van der Waals surface area contributed by atoms with Crippen LogP contribution < -0.4 is 15.0 Å². The van der Waals surface area contributed by atoms with Crippen LogP contribution in [0.5, 0.6) is 5.75 Å². The highest BCUT2D eigenvalue weighted by molar-refractivity contribution is 9.10. The molecule has 0 atom stereocenters. The average Bonchev–Trinajstić information content (AvgIpc) is 2.83. The summed E-state index contributed by atoms with van der Waals surface area (Å²) in [4.78, 5) is 29.8. The van der Waals surface area contributed by atoms with E-state index in [1.807, 2.05) is 80.3 Å². The molecule has 0 bridgehead atoms. The second kappa shape index (κ2) is 9.66. The summed E-state index contributed by atoms with van der Waals surface area (Å²) in [5.74, 6) is 0.474. The minimum absolute atomic E-state index is 0.195. The van der Waals surface area contributed by atoms with Crippen LogP contribution >= 0.6 is 15.9 Å². The topological polar surface area (TPSA) is 61.9 Å². The summed E-state index contributed by atoms with van der Waals surface area (Å²) in [6, 6.07) is 17.5. The van der Waals surface area contributed by atoms with E-state index in [1.54, 1.807) is 7.11 Å². The zero-order valence-corrected chi connectivity index (χ0v) is 21.6. The van der Waals surface area contributed by atoms with Gasteiger partial charge in [0.25, 0.3) is 5.91 Å². The van der Waals surface area contributed by atoms with Gasteiger partial charge in [0.1, 0.15) is 5.75 Å². The quantitative estimate of drug-likeness (QED) is 0.486. The summed E-state index contributed by atoms with van der Waals surface area (Å²) in [6.07, 6.45) is 0. The molecule has 1 N–H and O–H groups in total. The van der Waals surface area contributed by atoms with Crippen LogP contribution in [0.25, 0.3) is 10.8 Å². The molecule has 4 rings (SSSR count). The largest absolute Gasteiger partial charge is 0.495 e. The molecule has 3 aromatic rings. The summed E-state index contributed by atoms with van der Waals surface area (Å²) in [5.41, 5.74) is 1.90.